The lowest BCUT2D eigenvalue weighted by Gasteiger charge is -2.17. The topological polar surface area (TPSA) is 93.5 Å². The minimum atomic E-state index is -0.490. The van der Waals surface area contributed by atoms with Crippen LogP contribution in [0.15, 0.2) is 24.3 Å². The number of rotatable bonds is 5. The molecule has 1 aromatic carbocycles. The summed E-state index contributed by atoms with van der Waals surface area (Å²) in [6.07, 6.45) is 0. The maximum absolute atomic E-state index is 12.2. The van der Waals surface area contributed by atoms with Crippen LogP contribution in [0, 0.1) is 16.0 Å². The van der Waals surface area contributed by atoms with Gasteiger partial charge in [-0.1, -0.05) is 13.0 Å². The van der Waals surface area contributed by atoms with Crippen molar-refractivity contribution in [2.24, 2.45) is 5.92 Å². The first-order chi connectivity index (χ1) is 9.61. The van der Waals surface area contributed by atoms with Gasteiger partial charge in [0, 0.05) is 23.9 Å². The second-order valence-electron chi connectivity index (χ2n) is 4.60. The first-order valence-electron chi connectivity index (χ1n) is 6.48. The fraction of sp³-hybridized carbons (Fsp3) is 0.462. The Kier molecular flexibility index (Phi) is 4.65. The zero-order chi connectivity index (χ0) is 14.5. The Labute approximate surface area is 116 Å². The summed E-state index contributed by atoms with van der Waals surface area (Å²) in [4.78, 5) is 22.4. The number of anilines is 1. The van der Waals surface area contributed by atoms with Crippen LogP contribution in [0.25, 0.3) is 0 Å². The molecule has 1 amide bonds. The van der Waals surface area contributed by atoms with E-state index in [1.165, 1.54) is 12.1 Å². The molecule has 2 rings (SSSR count). The molecule has 1 aliphatic heterocycles. The van der Waals surface area contributed by atoms with Gasteiger partial charge in [-0.2, -0.15) is 0 Å². The first-order valence-corrected chi connectivity index (χ1v) is 6.48. The van der Waals surface area contributed by atoms with Gasteiger partial charge >= 0.3 is 0 Å². The van der Waals surface area contributed by atoms with Gasteiger partial charge in [-0.05, 0) is 12.6 Å². The number of carbonyl (C=O) groups excluding carboxylic acids is 1. The van der Waals surface area contributed by atoms with Gasteiger partial charge in [0.05, 0.1) is 24.1 Å². The number of nitro benzene ring substituents is 1. The molecule has 0 radical (unpaired) electrons. The molecule has 0 bridgehead atoms. The zero-order valence-electron chi connectivity index (χ0n) is 11.2. The standard InChI is InChI=1S/C13H17N3O4/c1-2-14-12-8-20-7-11(12)13(17)15-9-4-3-5-10(6-9)16(18)19/h3-6,11-12,14H,2,7-8H2,1H3,(H,15,17). The molecule has 1 saturated heterocycles. The van der Waals surface area contributed by atoms with Crippen LogP contribution in [0.5, 0.6) is 0 Å². The Balaban J connectivity index is 2.04. The molecule has 20 heavy (non-hydrogen) atoms. The first kappa shape index (κ1) is 14.4. The van der Waals surface area contributed by atoms with E-state index in [1.807, 2.05) is 6.92 Å². The average Bonchev–Trinajstić information content (AvgIpc) is 2.88. The summed E-state index contributed by atoms with van der Waals surface area (Å²) in [7, 11) is 0. The van der Waals surface area contributed by atoms with Gasteiger partial charge in [0.25, 0.3) is 5.69 Å². The van der Waals surface area contributed by atoms with Crippen molar-refractivity contribution in [1.82, 2.24) is 5.32 Å². The van der Waals surface area contributed by atoms with Crippen molar-refractivity contribution in [3.8, 4) is 0 Å². The summed E-state index contributed by atoms with van der Waals surface area (Å²) in [5, 5.41) is 16.6. The number of hydrogen-bond donors (Lipinski definition) is 2. The molecule has 0 saturated carbocycles. The summed E-state index contributed by atoms with van der Waals surface area (Å²) >= 11 is 0. The van der Waals surface area contributed by atoms with Gasteiger partial charge in [-0.25, -0.2) is 0 Å². The van der Waals surface area contributed by atoms with Gasteiger partial charge in [0.2, 0.25) is 5.91 Å². The molecule has 1 heterocycles. The normalized spacial score (nSPS) is 21.6. The van der Waals surface area contributed by atoms with Crippen LogP contribution in [0.3, 0.4) is 0 Å². The van der Waals surface area contributed by atoms with Crippen LogP contribution >= 0.6 is 0 Å². The molecule has 2 unspecified atom stereocenters. The molecular formula is C13H17N3O4. The van der Waals surface area contributed by atoms with E-state index in [1.54, 1.807) is 12.1 Å². The SMILES string of the molecule is CCNC1COCC1C(=O)Nc1cccc([N+](=O)[O-])c1. The largest absolute Gasteiger partial charge is 0.379 e. The highest BCUT2D eigenvalue weighted by Gasteiger charge is 2.33. The van der Waals surface area contributed by atoms with Crippen LogP contribution in [-0.2, 0) is 9.53 Å². The van der Waals surface area contributed by atoms with Crippen LogP contribution in [-0.4, -0.2) is 36.6 Å². The minimum absolute atomic E-state index is 0.0151. The number of nitrogens with zero attached hydrogens (tertiary/aromatic N) is 1. The molecule has 0 aromatic heterocycles. The summed E-state index contributed by atoms with van der Waals surface area (Å²) < 4.78 is 5.31. The van der Waals surface area contributed by atoms with E-state index in [2.05, 4.69) is 10.6 Å². The maximum atomic E-state index is 12.2. The van der Waals surface area contributed by atoms with Crippen LogP contribution in [0.4, 0.5) is 11.4 Å². The van der Waals surface area contributed by atoms with Crippen molar-refractivity contribution in [2.45, 2.75) is 13.0 Å². The predicted molar refractivity (Wildman–Crippen MR) is 73.5 cm³/mol. The average molecular weight is 279 g/mol. The second kappa shape index (κ2) is 6.44. The monoisotopic (exact) mass is 279 g/mol. The Morgan fingerprint density at radius 2 is 2.30 bits per heavy atom. The van der Waals surface area contributed by atoms with E-state index in [0.717, 1.165) is 6.54 Å². The molecular weight excluding hydrogens is 262 g/mol. The molecule has 2 N–H and O–H groups in total. The third kappa shape index (κ3) is 3.31. The van der Waals surface area contributed by atoms with Crippen LogP contribution < -0.4 is 10.6 Å². The number of carbonyl (C=O) groups is 1. The van der Waals surface area contributed by atoms with Gasteiger partial charge in [-0.15, -0.1) is 0 Å². The second-order valence-corrected chi connectivity index (χ2v) is 4.60. The van der Waals surface area contributed by atoms with Gasteiger partial charge in [0.15, 0.2) is 0 Å². The minimum Gasteiger partial charge on any atom is -0.379 e. The number of ether oxygens (including phenoxy) is 1. The Morgan fingerprint density at radius 1 is 1.50 bits per heavy atom. The third-order valence-electron chi connectivity index (χ3n) is 3.21. The fourth-order valence-corrected chi connectivity index (χ4v) is 2.21. The van der Waals surface area contributed by atoms with Crippen molar-refractivity contribution in [2.75, 3.05) is 25.1 Å². The lowest BCUT2D eigenvalue weighted by Crippen LogP contribution is -2.41. The van der Waals surface area contributed by atoms with Crippen molar-refractivity contribution in [3.05, 3.63) is 34.4 Å². The van der Waals surface area contributed by atoms with E-state index in [9.17, 15) is 14.9 Å². The Bertz CT molecular complexity index is 506. The molecule has 0 aliphatic carbocycles. The van der Waals surface area contributed by atoms with Crippen molar-refractivity contribution < 1.29 is 14.5 Å². The van der Waals surface area contributed by atoms with E-state index in [-0.39, 0.29) is 23.6 Å². The van der Waals surface area contributed by atoms with Crippen LogP contribution in [0.2, 0.25) is 0 Å². The smallest absolute Gasteiger partial charge is 0.271 e. The van der Waals surface area contributed by atoms with E-state index in [4.69, 9.17) is 4.74 Å². The van der Waals surface area contributed by atoms with Gasteiger partial charge in [0.1, 0.15) is 0 Å². The highest BCUT2D eigenvalue weighted by Crippen LogP contribution is 2.20. The van der Waals surface area contributed by atoms with Gasteiger partial charge < -0.3 is 15.4 Å². The quantitative estimate of drug-likeness (QED) is 0.623. The summed E-state index contributed by atoms with van der Waals surface area (Å²) in [5.41, 5.74) is 0.375. The van der Waals surface area contributed by atoms with Crippen molar-refractivity contribution >= 4 is 17.3 Å². The van der Waals surface area contributed by atoms with E-state index >= 15 is 0 Å². The molecule has 7 nitrogen and oxygen atoms in total. The molecule has 1 aliphatic rings. The van der Waals surface area contributed by atoms with E-state index < -0.39 is 4.92 Å². The number of likely N-dealkylation sites (N-methyl/N-ethyl adjacent to an activating group) is 1. The summed E-state index contributed by atoms with van der Waals surface area (Å²) in [6, 6.07) is 5.88. The maximum Gasteiger partial charge on any atom is 0.271 e. The predicted octanol–water partition coefficient (Wildman–Crippen LogP) is 1.16. The Morgan fingerprint density at radius 3 is 3.00 bits per heavy atom. The van der Waals surface area contributed by atoms with Gasteiger partial charge in [-0.3, -0.25) is 14.9 Å². The molecule has 1 aromatic rings. The number of benzene rings is 1. The van der Waals surface area contributed by atoms with Crippen molar-refractivity contribution in [1.29, 1.82) is 0 Å². The number of nitro groups is 1. The molecule has 108 valence electrons. The summed E-state index contributed by atoms with van der Waals surface area (Å²) in [5.74, 6) is -0.469. The highest BCUT2D eigenvalue weighted by molar-refractivity contribution is 5.93. The third-order valence-corrected chi connectivity index (χ3v) is 3.21. The summed E-state index contributed by atoms with van der Waals surface area (Å²) in [6.45, 7) is 3.59. The molecule has 2 atom stereocenters. The number of hydrogen-bond acceptors (Lipinski definition) is 5. The highest BCUT2D eigenvalue weighted by atomic mass is 16.6. The number of amides is 1. The lowest BCUT2D eigenvalue weighted by molar-refractivity contribution is -0.384. The Hall–Kier alpha value is -1.99. The molecule has 7 heteroatoms. The van der Waals surface area contributed by atoms with Crippen molar-refractivity contribution in [3.63, 3.8) is 0 Å². The number of non-ortho nitro benzene ring substituents is 1. The lowest BCUT2D eigenvalue weighted by atomic mass is 10.0. The molecule has 1 fully saturated rings. The molecule has 0 spiro atoms. The zero-order valence-corrected chi connectivity index (χ0v) is 11.2. The van der Waals surface area contributed by atoms with E-state index in [0.29, 0.717) is 18.9 Å². The van der Waals surface area contributed by atoms with Crippen LogP contribution in [0.1, 0.15) is 6.92 Å². The number of nitrogens with one attached hydrogen (secondary N) is 2. The fourth-order valence-electron chi connectivity index (χ4n) is 2.21.